The molecule has 1 aliphatic rings. The molecule has 1 heterocycles. The van der Waals surface area contributed by atoms with Gasteiger partial charge in [0.15, 0.2) is 11.6 Å². The molecule has 1 saturated heterocycles. The van der Waals surface area contributed by atoms with Crippen molar-refractivity contribution in [3.63, 3.8) is 0 Å². The van der Waals surface area contributed by atoms with Crippen molar-refractivity contribution >= 4 is 5.69 Å². The van der Waals surface area contributed by atoms with Crippen LogP contribution in [0.25, 0.3) is 0 Å². The van der Waals surface area contributed by atoms with Gasteiger partial charge in [-0.15, -0.1) is 0 Å². The topological polar surface area (TPSA) is 21.3 Å². The minimum Gasteiger partial charge on any atom is -0.377 e. The first kappa shape index (κ1) is 10.4. The number of halogens is 2. The first-order chi connectivity index (χ1) is 7.18. The third-order valence-electron chi connectivity index (χ3n) is 2.67. The monoisotopic (exact) mass is 213 g/mol. The van der Waals surface area contributed by atoms with Crippen LogP contribution in [0, 0.1) is 11.6 Å². The van der Waals surface area contributed by atoms with Gasteiger partial charge in [0, 0.05) is 6.61 Å². The van der Waals surface area contributed by atoms with Gasteiger partial charge in [0.05, 0.1) is 17.8 Å². The Morgan fingerprint density at radius 1 is 1.40 bits per heavy atom. The largest absolute Gasteiger partial charge is 0.377 e. The van der Waals surface area contributed by atoms with E-state index >= 15 is 0 Å². The van der Waals surface area contributed by atoms with Gasteiger partial charge in [-0.2, -0.15) is 0 Å². The maximum Gasteiger partial charge on any atom is 0.181 e. The van der Waals surface area contributed by atoms with Crippen LogP contribution in [0.15, 0.2) is 18.2 Å². The molecule has 2 rings (SSSR count). The van der Waals surface area contributed by atoms with Gasteiger partial charge in [-0.3, -0.25) is 0 Å². The van der Waals surface area contributed by atoms with Crippen LogP contribution in [0.3, 0.4) is 0 Å². The maximum atomic E-state index is 13.3. The summed E-state index contributed by atoms with van der Waals surface area (Å²) in [4.78, 5) is 0. The van der Waals surface area contributed by atoms with E-state index in [4.69, 9.17) is 4.74 Å². The molecule has 0 saturated carbocycles. The van der Waals surface area contributed by atoms with Gasteiger partial charge in [-0.1, -0.05) is 6.07 Å². The zero-order valence-corrected chi connectivity index (χ0v) is 8.47. The summed E-state index contributed by atoms with van der Waals surface area (Å²) in [6.45, 7) is 2.58. The highest BCUT2D eigenvalue weighted by Gasteiger charge is 2.24. The molecule has 2 nitrogen and oxygen atoms in total. The van der Waals surface area contributed by atoms with E-state index in [1.54, 1.807) is 0 Å². The first-order valence-electron chi connectivity index (χ1n) is 5.00. The molecule has 4 heteroatoms. The Labute approximate surface area is 87.2 Å². The average Bonchev–Trinajstić information content (AvgIpc) is 2.60. The molecule has 0 amide bonds. The van der Waals surface area contributed by atoms with E-state index in [0.29, 0.717) is 6.61 Å². The van der Waals surface area contributed by atoms with E-state index in [-0.39, 0.29) is 17.8 Å². The number of benzene rings is 1. The summed E-state index contributed by atoms with van der Waals surface area (Å²) >= 11 is 0. The fraction of sp³-hybridized carbons (Fsp3) is 0.455. The van der Waals surface area contributed by atoms with Gasteiger partial charge in [0.1, 0.15) is 0 Å². The van der Waals surface area contributed by atoms with E-state index < -0.39 is 11.6 Å². The smallest absolute Gasteiger partial charge is 0.181 e. The van der Waals surface area contributed by atoms with Gasteiger partial charge in [-0.25, -0.2) is 8.78 Å². The molecule has 15 heavy (non-hydrogen) atoms. The lowest BCUT2D eigenvalue weighted by Crippen LogP contribution is -2.27. The molecule has 1 fully saturated rings. The van der Waals surface area contributed by atoms with Gasteiger partial charge < -0.3 is 10.1 Å². The predicted octanol–water partition coefficient (Wildman–Crippen LogP) is 2.55. The highest BCUT2D eigenvalue weighted by atomic mass is 19.2. The number of nitrogens with one attached hydrogen (secondary N) is 1. The summed E-state index contributed by atoms with van der Waals surface area (Å²) < 4.78 is 31.5. The van der Waals surface area contributed by atoms with E-state index in [9.17, 15) is 8.78 Å². The van der Waals surface area contributed by atoms with Gasteiger partial charge in [0.2, 0.25) is 0 Å². The normalized spacial score (nSPS) is 25.5. The second-order valence-electron chi connectivity index (χ2n) is 3.72. The lowest BCUT2D eigenvalue weighted by Gasteiger charge is -2.17. The van der Waals surface area contributed by atoms with E-state index in [1.165, 1.54) is 12.1 Å². The van der Waals surface area contributed by atoms with Crippen molar-refractivity contribution in [3.8, 4) is 0 Å². The second-order valence-corrected chi connectivity index (χ2v) is 3.72. The van der Waals surface area contributed by atoms with Crippen LogP contribution in [0.5, 0.6) is 0 Å². The Morgan fingerprint density at radius 2 is 2.20 bits per heavy atom. The Morgan fingerprint density at radius 3 is 2.87 bits per heavy atom. The van der Waals surface area contributed by atoms with Crippen LogP contribution in [-0.4, -0.2) is 18.8 Å². The lowest BCUT2D eigenvalue weighted by atomic mass is 10.1. The summed E-state index contributed by atoms with van der Waals surface area (Å²) in [7, 11) is 0. The van der Waals surface area contributed by atoms with Crippen LogP contribution < -0.4 is 5.32 Å². The van der Waals surface area contributed by atoms with Gasteiger partial charge in [-0.05, 0) is 25.5 Å². The molecule has 0 aliphatic carbocycles. The SMILES string of the molecule is CC1OCCC1Nc1cccc(F)c1F. The molecule has 0 bridgehead atoms. The van der Waals surface area contributed by atoms with Crippen molar-refractivity contribution in [1.82, 2.24) is 0 Å². The molecule has 1 aliphatic heterocycles. The van der Waals surface area contributed by atoms with Crippen LogP contribution in [0.4, 0.5) is 14.5 Å². The zero-order chi connectivity index (χ0) is 10.8. The molecule has 2 atom stereocenters. The lowest BCUT2D eigenvalue weighted by molar-refractivity contribution is 0.121. The molecular weight excluding hydrogens is 200 g/mol. The molecule has 0 aromatic heterocycles. The third-order valence-corrected chi connectivity index (χ3v) is 2.67. The quantitative estimate of drug-likeness (QED) is 0.815. The maximum absolute atomic E-state index is 13.3. The van der Waals surface area contributed by atoms with Crippen LogP contribution in [0.1, 0.15) is 13.3 Å². The molecule has 0 spiro atoms. The zero-order valence-electron chi connectivity index (χ0n) is 8.47. The number of ether oxygens (including phenoxy) is 1. The highest BCUT2D eigenvalue weighted by Crippen LogP contribution is 2.22. The summed E-state index contributed by atoms with van der Waals surface area (Å²) in [6.07, 6.45) is 0.851. The van der Waals surface area contributed by atoms with Crippen molar-refractivity contribution in [2.24, 2.45) is 0 Å². The van der Waals surface area contributed by atoms with E-state index in [0.717, 1.165) is 12.5 Å². The van der Waals surface area contributed by atoms with Crippen molar-refractivity contribution in [1.29, 1.82) is 0 Å². The summed E-state index contributed by atoms with van der Waals surface area (Å²) in [5.41, 5.74) is 0.206. The van der Waals surface area contributed by atoms with E-state index in [1.807, 2.05) is 6.92 Å². The van der Waals surface area contributed by atoms with Crippen molar-refractivity contribution in [3.05, 3.63) is 29.8 Å². The van der Waals surface area contributed by atoms with Crippen molar-refractivity contribution < 1.29 is 13.5 Å². The minimum absolute atomic E-state index is 0.0349. The number of anilines is 1. The summed E-state index contributed by atoms with van der Waals surface area (Å²) in [5.74, 6) is -1.65. The predicted molar refractivity (Wildman–Crippen MR) is 53.8 cm³/mol. The van der Waals surface area contributed by atoms with Gasteiger partial charge in [0.25, 0.3) is 0 Å². The van der Waals surface area contributed by atoms with Crippen LogP contribution in [-0.2, 0) is 4.74 Å². The van der Waals surface area contributed by atoms with Crippen molar-refractivity contribution in [2.45, 2.75) is 25.5 Å². The van der Waals surface area contributed by atoms with Gasteiger partial charge >= 0.3 is 0 Å². The van der Waals surface area contributed by atoms with Crippen molar-refractivity contribution in [2.75, 3.05) is 11.9 Å². The Bertz CT molecular complexity index is 356. The molecule has 82 valence electrons. The second kappa shape index (κ2) is 4.14. The summed E-state index contributed by atoms with van der Waals surface area (Å²) in [6, 6.07) is 4.18. The van der Waals surface area contributed by atoms with Crippen LogP contribution in [0.2, 0.25) is 0 Å². The molecule has 1 N–H and O–H groups in total. The highest BCUT2D eigenvalue weighted by molar-refractivity contribution is 5.46. The standard InChI is InChI=1S/C11H13F2NO/c1-7-9(5-6-15-7)14-10-4-2-3-8(12)11(10)13/h2-4,7,9,14H,5-6H2,1H3. The van der Waals surface area contributed by atoms with E-state index in [2.05, 4.69) is 5.32 Å². The Hall–Kier alpha value is -1.16. The number of rotatable bonds is 2. The molecule has 2 unspecified atom stereocenters. The van der Waals surface area contributed by atoms with Crippen LogP contribution >= 0.6 is 0 Å². The molecule has 0 radical (unpaired) electrons. The molecule has 1 aromatic carbocycles. The average molecular weight is 213 g/mol. The fourth-order valence-corrected chi connectivity index (χ4v) is 1.74. The first-order valence-corrected chi connectivity index (χ1v) is 5.00. The Balaban J connectivity index is 2.13. The minimum atomic E-state index is -0.827. The Kier molecular flexibility index (Phi) is 2.86. The summed E-state index contributed by atoms with van der Waals surface area (Å²) in [5, 5.41) is 2.96. The number of hydrogen-bond acceptors (Lipinski definition) is 2. The molecule has 1 aromatic rings. The number of hydrogen-bond donors (Lipinski definition) is 1. The third kappa shape index (κ3) is 2.09. The fourth-order valence-electron chi connectivity index (χ4n) is 1.74. The molecular formula is C11H13F2NO.